The molecule has 186 valence electrons. The number of halogens is 2. The van der Waals surface area contributed by atoms with Crippen LogP contribution in [0, 0.1) is 13.8 Å². The summed E-state index contributed by atoms with van der Waals surface area (Å²) >= 11 is 14.7. The average Bonchev–Trinajstić information content (AvgIpc) is 3.26. The van der Waals surface area contributed by atoms with Crippen molar-refractivity contribution in [3.05, 3.63) is 70.0 Å². The van der Waals surface area contributed by atoms with Gasteiger partial charge in [0.05, 0.1) is 29.6 Å². The Morgan fingerprint density at radius 3 is 2.59 bits per heavy atom. The zero-order chi connectivity index (χ0) is 26.1. The molecule has 1 N–H and O–H groups in total. The molecule has 0 saturated heterocycles. The first-order chi connectivity index (χ1) is 17.8. The predicted octanol–water partition coefficient (Wildman–Crippen LogP) is 6.27. The Kier molecular flexibility index (Phi) is 7.20. The lowest BCUT2D eigenvalue weighted by Crippen LogP contribution is -2.14. The van der Waals surface area contributed by atoms with Gasteiger partial charge < -0.3 is 4.74 Å². The molecule has 0 radical (unpaired) electrons. The molecule has 0 unspecified atom stereocenters. The van der Waals surface area contributed by atoms with Gasteiger partial charge in [0.15, 0.2) is 15.6 Å². The molecular weight excluding hydrogens is 553 g/mol. The predicted molar refractivity (Wildman–Crippen MR) is 145 cm³/mol. The minimum Gasteiger partial charge on any atom is -0.494 e. The molecule has 37 heavy (non-hydrogen) atoms. The van der Waals surface area contributed by atoms with Crippen LogP contribution in [0.3, 0.4) is 0 Å². The van der Waals surface area contributed by atoms with Crippen molar-refractivity contribution >= 4 is 67.8 Å². The van der Waals surface area contributed by atoms with E-state index in [1.807, 2.05) is 19.9 Å². The van der Waals surface area contributed by atoms with Crippen LogP contribution in [0.4, 0.5) is 5.13 Å². The number of hydrogen-bond acceptors (Lipinski definition) is 10. The second-order valence-electron chi connectivity index (χ2n) is 7.71. The zero-order valence-electron chi connectivity index (χ0n) is 19.6. The topological polar surface area (TPSA) is 116 Å². The summed E-state index contributed by atoms with van der Waals surface area (Å²) in [5.74, 6) is 0.0846. The lowest BCUT2D eigenvalue weighted by molar-refractivity contribution is 0.102. The number of nitrogens with zero attached hydrogens (tertiary/aromatic N) is 6. The van der Waals surface area contributed by atoms with Gasteiger partial charge in [-0.25, -0.2) is 19.9 Å². The molecule has 5 heterocycles. The van der Waals surface area contributed by atoms with Crippen LogP contribution in [0.25, 0.3) is 21.6 Å². The average molecular weight is 570 g/mol. The maximum absolute atomic E-state index is 13.3. The number of aromatic nitrogens is 6. The Morgan fingerprint density at radius 2 is 1.84 bits per heavy atom. The van der Waals surface area contributed by atoms with Gasteiger partial charge >= 0.3 is 0 Å². The van der Waals surface area contributed by atoms with E-state index in [4.69, 9.17) is 27.9 Å². The number of ether oxygens (including phenoxy) is 1. The van der Waals surface area contributed by atoms with Gasteiger partial charge in [-0.2, -0.15) is 4.98 Å². The molecule has 0 atom stereocenters. The quantitative estimate of drug-likeness (QED) is 0.236. The van der Waals surface area contributed by atoms with E-state index in [2.05, 4.69) is 35.2 Å². The van der Waals surface area contributed by atoms with E-state index >= 15 is 0 Å². The number of carbonyl (C=O) groups excluding carboxylic acids is 1. The van der Waals surface area contributed by atoms with Crippen LogP contribution in [0.15, 0.2) is 52.9 Å². The minimum atomic E-state index is -0.395. The van der Waals surface area contributed by atoms with Crippen LogP contribution >= 0.6 is 46.3 Å². The van der Waals surface area contributed by atoms with Crippen LogP contribution in [0.1, 0.15) is 21.7 Å². The molecule has 13 heteroatoms. The van der Waals surface area contributed by atoms with Crippen LogP contribution in [-0.4, -0.2) is 42.9 Å². The maximum atomic E-state index is 13.3. The molecule has 0 aliphatic rings. The van der Waals surface area contributed by atoms with Gasteiger partial charge in [-0.05, 0) is 49.9 Å². The molecule has 0 bridgehead atoms. The van der Waals surface area contributed by atoms with E-state index in [9.17, 15) is 4.79 Å². The third-order valence-corrected chi connectivity index (χ3v) is 7.44. The van der Waals surface area contributed by atoms with Crippen LogP contribution < -0.4 is 10.1 Å². The first kappa shape index (κ1) is 25.3. The van der Waals surface area contributed by atoms with Crippen molar-refractivity contribution in [1.29, 1.82) is 0 Å². The van der Waals surface area contributed by atoms with E-state index in [-0.39, 0.29) is 5.15 Å². The van der Waals surface area contributed by atoms with Crippen LogP contribution in [-0.2, 0) is 0 Å². The van der Waals surface area contributed by atoms with E-state index in [0.29, 0.717) is 53.8 Å². The summed E-state index contributed by atoms with van der Waals surface area (Å²) < 4.78 is 5.45. The Labute approximate surface area is 229 Å². The number of rotatable bonds is 6. The van der Waals surface area contributed by atoms with Crippen LogP contribution in [0.2, 0.25) is 10.2 Å². The molecule has 0 fully saturated rings. The molecule has 9 nitrogen and oxygen atoms in total. The van der Waals surface area contributed by atoms with E-state index in [0.717, 1.165) is 10.7 Å². The van der Waals surface area contributed by atoms with Crippen molar-refractivity contribution in [1.82, 2.24) is 29.9 Å². The monoisotopic (exact) mass is 569 g/mol. The van der Waals surface area contributed by atoms with Gasteiger partial charge in [-0.15, -0.1) is 0 Å². The highest BCUT2D eigenvalue weighted by Crippen LogP contribution is 2.35. The number of amides is 1. The fraction of sp³-hybridized carbons (Fsp3) is 0.125. The van der Waals surface area contributed by atoms with Crippen LogP contribution in [0.5, 0.6) is 5.75 Å². The Morgan fingerprint density at radius 1 is 1.00 bits per heavy atom. The Bertz CT molecular complexity index is 1650. The highest BCUT2D eigenvalue weighted by atomic mass is 35.5. The van der Waals surface area contributed by atoms with Gasteiger partial charge in [-0.1, -0.05) is 34.5 Å². The second kappa shape index (κ2) is 10.5. The van der Waals surface area contributed by atoms with E-state index < -0.39 is 5.91 Å². The molecule has 5 aromatic rings. The summed E-state index contributed by atoms with van der Waals surface area (Å²) in [6.07, 6.45) is 4.60. The fourth-order valence-corrected chi connectivity index (χ4v) is 5.30. The zero-order valence-corrected chi connectivity index (χ0v) is 22.8. The number of fused-ring (bicyclic) bond motifs is 1. The van der Waals surface area contributed by atoms with Gasteiger partial charge in [0.1, 0.15) is 21.0 Å². The van der Waals surface area contributed by atoms with Crippen molar-refractivity contribution in [2.45, 2.75) is 23.9 Å². The van der Waals surface area contributed by atoms with Gasteiger partial charge in [0.25, 0.3) is 5.91 Å². The first-order valence-corrected chi connectivity index (χ1v) is 13.1. The minimum absolute atomic E-state index is 0.276. The van der Waals surface area contributed by atoms with Crippen molar-refractivity contribution in [2.75, 3.05) is 12.4 Å². The molecule has 1 amide bonds. The number of hydrogen-bond donors (Lipinski definition) is 1. The molecule has 5 rings (SSSR count). The standard InChI is InChI=1S/C24H17Cl2N7O2S2/c1-11-6-14(15-7-18(26)28-10-17(15)35-3)16(9-27-11)21(34)32-24-31-20-23(37-24)33-22(12(2)30-20)36-19-5-4-13(25)8-29-19/h4-10H,1-3H3,(H,30,31,32,34). The fourth-order valence-electron chi connectivity index (χ4n) is 3.42. The molecule has 0 aliphatic carbocycles. The smallest absolute Gasteiger partial charge is 0.259 e. The summed E-state index contributed by atoms with van der Waals surface area (Å²) in [5.41, 5.74) is 3.42. The Hall–Kier alpha value is -3.38. The third-order valence-electron chi connectivity index (χ3n) is 5.13. The van der Waals surface area contributed by atoms with Crippen molar-refractivity contribution in [3.8, 4) is 16.9 Å². The number of thiazole rings is 1. The number of pyridine rings is 3. The number of carbonyl (C=O) groups is 1. The van der Waals surface area contributed by atoms with Crippen molar-refractivity contribution < 1.29 is 9.53 Å². The molecular formula is C24H17Cl2N7O2S2. The summed E-state index contributed by atoms with van der Waals surface area (Å²) in [7, 11) is 1.53. The normalized spacial score (nSPS) is 11.1. The van der Waals surface area contributed by atoms with Gasteiger partial charge in [-0.3, -0.25) is 15.1 Å². The number of aryl methyl sites for hydroxylation is 2. The molecule has 5 aromatic heterocycles. The lowest BCUT2D eigenvalue weighted by Gasteiger charge is -2.13. The van der Waals surface area contributed by atoms with E-state index in [1.54, 1.807) is 24.4 Å². The SMILES string of the molecule is COc1cnc(Cl)cc1-c1cc(C)ncc1C(=O)Nc1nc2nc(C)c(Sc3ccc(Cl)cn3)nc2s1. The number of anilines is 1. The first-order valence-electron chi connectivity index (χ1n) is 10.7. The number of methoxy groups -OCH3 is 1. The van der Waals surface area contributed by atoms with Gasteiger partial charge in [0.2, 0.25) is 0 Å². The molecule has 0 saturated carbocycles. The molecule has 0 aliphatic heterocycles. The van der Waals surface area contributed by atoms with Gasteiger partial charge in [0, 0.05) is 29.2 Å². The number of nitrogens with one attached hydrogen (secondary N) is 1. The van der Waals surface area contributed by atoms with Crippen molar-refractivity contribution in [3.63, 3.8) is 0 Å². The second-order valence-corrected chi connectivity index (χ2v) is 10.5. The summed E-state index contributed by atoms with van der Waals surface area (Å²) in [6.45, 7) is 3.68. The summed E-state index contributed by atoms with van der Waals surface area (Å²) in [6, 6.07) is 7.02. The molecule has 0 aromatic carbocycles. The maximum Gasteiger partial charge on any atom is 0.259 e. The highest BCUT2D eigenvalue weighted by molar-refractivity contribution is 7.99. The Balaban J connectivity index is 1.45. The summed E-state index contributed by atoms with van der Waals surface area (Å²) in [5, 5.41) is 5.47. The van der Waals surface area contributed by atoms with E-state index in [1.165, 1.54) is 42.6 Å². The molecule has 0 spiro atoms. The third kappa shape index (κ3) is 5.49. The summed E-state index contributed by atoms with van der Waals surface area (Å²) in [4.78, 5) is 40.3. The highest BCUT2D eigenvalue weighted by Gasteiger charge is 2.20. The van der Waals surface area contributed by atoms with Crippen molar-refractivity contribution in [2.24, 2.45) is 0 Å². The lowest BCUT2D eigenvalue weighted by atomic mass is 10.0. The largest absolute Gasteiger partial charge is 0.494 e.